The maximum absolute atomic E-state index is 12.8. The highest BCUT2D eigenvalue weighted by Gasteiger charge is 2.30. The van der Waals surface area contributed by atoms with E-state index in [2.05, 4.69) is 22.2 Å². The molecule has 2 aromatic carbocycles. The lowest BCUT2D eigenvalue weighted by molar-refractivity contribution is 0.0881. The first-order chi connectivity index (χ1) is 13.2. The zero-order chi connectivity index (χ0) is 18.8. The van der Waals surface area contributed by atoms with Crippen LogP contribution in [0.25, 0.3) is 11.0 Å². The number of nitrogens with one attached hydrogen (secondary N) is 2. The van der Waals surface area contributed by atoms with Gasteiger partial charge in [-0.15, -0.1) is 11.8 Å². The van der Waals surface area contributed by atoms with E-state index in [1.165, 1.54) is 0 Å². The molecular formula is C21H24N4OS. The molecule has 0 radical (unpaired) electrons. The number of imidazole rings is 1. The number of fused-ring (bicyclic) bond motifs is 1. The van der Waals surface area contributed by atoms with E-state index < -0.39 is 0 Å². The van der Waals surface area contributed by atoms with Crippen LogP contribution in [0.3, 0.4) is 0 Å². The Bertz CT molecular complexity index is 921. The monoisotopic (exact) mass is 380 g/mol. The molecule has 0 saturated carbocycles. The molecule has 0 spiro atoms. The van der Waals surface area contributed by atoms with Gasteiger partial charge in [0.1, 0.15) is 5.82 Å². The maximum atomic E-state index is 12.8. The van der Waals surface area contributed by atoms with Crippen molar-refractivity contribution in [2.45, 2.75) is 29.8 Å². The molecule has 4 rings (SSSR count). The van der Waals surface area contributed by atoms with Crippen LogP contribution in [0.2, 0.25) is 0 Å². The quantitative estimate of drug-likeness (QED) is 0.675. The molecule has 1 aliphatic rings. The minimum atomic E-state index is 0.0119. The summed E-state index contributed by atoms with van der Waals surface area (Å²) in [7, 11) is 2.12. The van der Waals surface area contributed by atoms with Gasteiger partial charge in [0.2, 0.25) is 0 Å². The van der Waals surface area contributed by atoms with Gasteiger partial charge < -0.3 is 10.3 Å². The lowest BCUT2D eigenvalue weighted by Crippen LogP contribution is -2.45. The second-order valence-electron chi connectivity index (χ2n) is 7.03. The first kappa shape index (κ1) is 18.1. The van der Waals surface area contributed by atoms with Gasteiger partial charge in [-0.25, -0.2) is 4.98 Å². The fraction of sp³-hybridized carbons (Fsp3) is 0.333. The zero-order valence-electron chi connectivity index (χ0n) is 15.6. The number of piperidine rings is 1. The molecule has 2 heterocycles. The summed E-state index contributed by atoms with van der Waals surface area (Å²) in [5.74, 6) is 0.986. The number of amides is 1. The topological polar surface area (TPSA) is 61.0 Å². The van der Waals surface area contributed by atoms with E-state index in [1.54, 1.807) is 11.8 Å². The van der Waals surface area contributed by atoms with E-state index in [4.69, 9.17) is 4.98 Å². The van der Waals surface area contributed by atoms with Crippen LogP contribution in [0.15, 0.2) is 53.4 Å². The molecular weight excluding hydrogens is 356 g/mol. The fourth-order valence-electron chi connectivity index (χ4n) is 3.76. The predicted octanol–water partition coefficient (Wildman–Crippen LogP) is 3.85. The van der Waals surface area contributed by atoms with Crippen LogP contribution in [-0.4, -0.2) is 46.7 Å². The van der Waals surface area contributed by atoms with Crippen LogP contribution < -0.4 is 5.32 Å². The number of aromatic nitrogens is 2. The number of aromatic amines is 1. The number of carbonyl (C=O) groups is 1. The Balaban J connectivity index is 1.51. The molecule has 140 valence electrons. The molecule has 6 heteroatoms. The van der Waals surface area contributed by atoms with Crippen LogP contribution in [0.4, 0.5) is 0 Å². The number of nitrogens with zero attached hydrogens (tertiary/aromatic N) is 2. The average molecular weight is 381 g/mol. The summed E-state index contributed by atoms with van der Waals surface area (Å²) in [4.78, 5) is 24.3. The van der Waals surface area contributed by atoms with E-state index in [0.717, 1.165) is 46.7 Å². The molecule has 1 unspecified atom stereocenters. The van der Waals surface area contributed by atoms with Gasteiger partial charge in [0.05, 0.1) is 22.6 Å². The molecule has 3 aromatic rings. The van der Waals surface area contributed by atoms with Crippen molar-refractivity contribution in [1.29, 1.82) is 0 Å². The number of H-pyrrole nitrogens is 1. The highest BCUT2D eigenvalue weighted by atomic mass is 32.2. The van der Waals surface area contributed by atoms with E-state index >= 15 is 0 Å². The van der Waals surface area contributed by atoms with Crippen molar-refractivity contribution in [3.05, 3.63) is 59.9 Å². The van der Waals surface area contributed by atoms with Crippen LogP contribution >= 0.6 is 11.8 Å². The highest BCUT2D eigenvalue weighted by molar-refractivity contribution is 7.98. The molecule has 1 saturated heterocycles. The van der Waals surface area contributed by atoms with Crippen LogP contribution in [-0.2, 0) is 0 Å². The summed E-state index contributed by atoms with van der Waals surface area (Å²) in [6.45, 7) is 0.927. The van der Waals surface area contributed by atoms with Crippen molar-refractivity contribution in [3.63, 3.8) is 0 Å². The van der Waals surface area contributed by atoms with Crippen molar-refractivity contribution >= 4 is 28.7 Å². The SMILES string of the molecule is CSc1ccccc1C(=O)N[C@@H]1CCN(C)C(c2nc3ccccc3[nH]2)C1. The molecule has 1 aliphatic heterocycles. The Morgan fingerprint density at radius 2 is 2.00 bits per heavy atom. The second-order valence-corrected chi connectivity index (χ2v) is 7.88. The first-order valence-corrected chi connectivity index (χ1v) is 10.5. The lowest BCUT2D eigenvalue weighted by Gasteiger charge is -2.36. The third kappa shape index (κ3) is 3.73. The maximum Gasteiger partial charge on any atom is 0.252 e. The largest absolute Gasteiger partial charge is 0.349 e. The van der Waals surface area contributed by atoms with Crippen LogP contribution in [0, 0.1) is 0 Å². The zero-order valence-corrected chi connectivity index (χ0v) is 16.4. The van der Waals surface area contributed by atoms with Gasteiger partial charge in [0.25, 0.3) is 5.91 Å². The van der Waals surface area contributed by atoms with Crippen molar-refractivity contribution in [2.24, 2.45) is 0 Å². The van der Waals surface area contributed by atoms with E-state index in [0.29, 0.717) is 0 Å². The summed E-state index contributed by atoms with van der Waals surface area (Å²) in [5.41, 5.74) is 2.80. The predicted molar refractivity (Wildman–Crippen MR) is 110 cm³/mol. The van der Waals surface area contributed by atoms with Crippen LogP contribution in [0.5, 0.6) is 0 Å². The molecule has 0 aliphatic carbocycles. The van der Waals surface area contributed by atoms with E-state index in [1.807, 2.05) is 54.8 Å². The molecule has 5 nitrogen and oxygen atoms in total. The minimum Gasteiger partial charge on any atom is -0.349 e. The third-order valence-corrected chi connectivity index (χ3v) is 6.08. The molecule has 1 aromatic heterocycles. The lowest BCUT2D eigenvalue weighted by atomic mass is 9.96. The summed E-state index contributed by atoms with van der Waals surface area (Å²) in [6, 6.07) is 16.2. The van der Waals surface area contributed by atoms with Gasteiger partial charge in [-0.05, 0) is 50.4 Å². The van der Waals surface area contributed by atoms with Gasteiger partial charge in [0, 0.05) is 17.5 Å². The summed E-state index contributed by atoms with van der Waals surface area (Å²) in [6.07, 6.45) is 3.79. The second kappa shape index (κ2) is 7.74. The van der Waals surface area contributed by atoms with Crippen LogP contribution in [0.1, 0.15) is 35.1 Å². The smallest absolute Gasteiger partial charge is 0.252 e. The molecule has 2 N–H and O–H groups in total. The number of rotatable bonds is 4. The number of hydrogen-bond acceptors (Lipinski definition) is 4. The van der Waals surface area contributed by atoms with Crippen molar-refractivity contribution < 1.29 is 4.79 Å². The first-order valence-electron chi connectivity index (χ1n) is 9.24. The Kier molecular flexibility index (Phi) is 5.18. The Labute approximate surface area is 163 Å². The van der Waals surface area contributed by atoms with Gasteiger partial charge in [-0.3, -0.25) is 9.69 Å². The van der Waals surface area contributed by atoms with Crippen molar-refractivity contribution in [3.8, 4) is 0 Å². The summed E-state index contributed by atoms with van der Waals surface area (Å²) >= 11 is 1.60. The number of para-hydroxylation sites is 2. The Hall–Kier alpha value is -2.31. The molecule has 27 heavy (non-hydrogen) atoms. The summed E-state index contributed by atoms with van der Waals surface area (Å²) < 4.78 is 0. The minimum absolute atomic E-state index is 0.0119. The number of likely N-dealkylation sites (tertiary alicyclic amines) is 1. The molecule has 2 atom stereocenters. The van der Waals surface area contributed by atoms with Gasteiger partial charge in [-0.1, -0.05) is 24.3 Å². The van der Waals surface area contributed by atoms with Gasteiger partial charge in [0.15, 0.2) is 0 Å². The van der Waals surface area contributed by atoms with Gasteiger partial charge >= 0.3 is 0 Å². The summed E-state index contributed by atoms with van der Waals surface area (Å²) in [5, 5.41) is 3.24. The standard InChI is InChI=1S/C21H24N4OS/c1-25-12-11-14(22-21(26)15-7-3-6-10-19(15)27-2)13-18(25)20-23-16-8-4-5-9-17(16)24-20/h3-10,14,18H,11-13H2,1-2H3,(H,22,26)(H,23,24)/t14-,18?/m1/s1. The fourth-order valence-corrected chi connectivity index (χ4v) is 4.36. The Morgan fingerprint density at radius 1 is 1.22 bits per heavy atom. The van der Waals surface area contributed by atoms with E-state index in [-0.39, 0.29) is 18.0 Å². The molecule has 0 bridgehead atoms. The number of hydrogen-bond donors (Lipinski definition) is 2. The van der Waals surface area contributed by atoms with Gasteiger partial charge in [-0.2, -0.15) is 0 Å². The Morgan fingerprint density at radius 3 is 2.81 bits per heavy atom. The number of carbonyl (C=O) groups excluding carboxylic acids is 1. The van der Waals surface area contributed by atoms with Crippen molar-refractivity contribution in [1.82, 2.24) is 20.2 Å². The normalized spacial score (nSPS) is 20.7. The average Bonchev–Trinajstić information content (AvgIpc) is 3.13. The van der Waals surface area contributed by atoms with Crippen molar-refractivity contribution in [2.75, 3.05) is 19.8 Å². The third-order valence-electron chi connectivity index (χ3n) is 5.28. The molecule has 1 amide bonds. The number of benzene rings is 2. The number of thioether (sulfide) groups is 1. The highest BCUT2D eigenvalue weighted by Crippen LogP contribution is 2.30. The molecule has 1 fully saturated rings. The van der Waals surface area contributed by atoms with E-state index in [9.17, 15) is 4.79 Å².